The Kier molecular flexibility index (Phi) is 4.88. The number of nitrogens with two attached hydrogens (primary N) is 1. The Balaban J connectivity index is 1.41. The van der Waals surface area contributed by atoms with Crippen LogP contribution in [0.4, 0.5) is 10.1 Å². The number of pyridine rings is 1. The average Bonchev–Trinajstić information content (AvgIpc) is 3.31. The third kappa shape index (κ3) is 3.47. The van der Waals surface area contributed by atoms with Gasteiger partial charge in [0, 0.05) is 24.4 Å². The first kappa shape index (κ1) is 21.6. The monoisotopic (exact) mass is 468 g/mol. The summed E-state index contributed by atoms with van der Waals surface area (Å²) in [6, 6.07) is 4.39. The number of hydrogen-bond donors (Lipinski definition) is 3. The number of phenolic OH excluding ortho intramolecular Hbond substituents is 1. The number of nitrogens with one attached hydrogen (secondary N) is 1. The number of aryl methyl sites for hydroxylation is 1. The van der Waals surface area contributed by atoms with Gasteiger partial charge in [0.15, 0.2) is 23.0 Å². The summed E-state index contributed by atoms with van der Waals surface area (Å²) >= 11 is 0. The van der Waals surface area contributed by atoms with Crippen molar-refractivity contribution in [3.63, 3.8) is 0 Å². The number of carbonyl (C=O) groups is 3. The summed E-state index contributed by atoms with van der Waals surface area (Å²) in [7, 11) is 0. The van der Waals surface area contributed by atoms with Crippen LogP contribution in [-0.2, 0) is 16.1 Å². The number of phenols is 1. The Labute approximate surface area is 192 Å². The number of aromatic nitrogens is 3. The van der Waals surface area contributed by atoms with Crippen LogP contribution < -0.4 is 15.8 Å². The number of fused-ring (bicyclic) bond motifs is 2. The van der Waals surface area contributed by atoms with E-state index in [1.54, 1.807) is 6.92 Å². The molecule has 0 bridgehead atoms. The molecule has 176 valence electrons. The fourth-order valence-electron chi connectivity index (χ4n) is 4.65. The molecular weight excluding hydrogens is 447 g/mol. The van der Waals surface area contributed by atoms with Gasteiger partial charge in [0.1, 0.15) is 18.1 Å². The van der Waals surface area contributed by atoms with Crippen molar-refractivity contribution in [2.45, 2.75) is 38.4 Å². The van der Waals surface area contributed by atoms with E-state index >= 15 is 0 Å². The number of hydrogen-bond acceptors (Lipinski definition) is 6. The summed E-state index contributed by atoms with van der Waals surface area (Å²) in [6.45, 7) is 1.25. The zero-order chi connectivity index (χ0) is 24.3. The van der Waals surface area contributed by atoms with Gasteiger partial charge in [-0.15, -0.1) is 0 Å². The van der Waals surface area contributed by atoms with Crippen LogP contribution in [-0.4, -0.2) is 49.6 Å². The number of primary amides is 1. The number of rotatable bonds is 5. The van der Waals surface area contributed by atoms with Crippen LogP contribution in [0, 0.1) is 23.9 Å². The van der Waals surface area contributed by atoms with E-state index in [4.69, 9.17) is 5.73 Å². The molecule has 3 heterocycles. The van der Waals surface area contributed by atoms with Gasteiger partial charge in [0.2, 0.25) is 18.0 Å². The highest BCUT2D eigenvalue weighted by molar-refractivity contribution is 6.04. The van der Waals surface area contributed by atoms with Crippen LogP contribution in [0.15, 0.2) is 30.5 Å². The van der Waals surface area contributed by atoms with Gasteiger partial charge in [-0.05, 0) is 30.9 Å². The van der Waals surface area contributed by atoms with Gasteiger partial charge >= 0.3 is 0 Å². The molecule has 2 aromatic heterocycles. The predicted octanol–water partition coefficient (Wildman–Crippen LogP) is 0.550. The molecule has 12 heteroatoms. The van der Waals surface area contributed by atoms with Gasteiger partial charge in [0.25, 0.3) is 5.91 Å². The summed E-state index contributed by atoms with van der Waals surface area (Å²) in [5.74, 6) is -3.19. The van der Waals surface area contributed by atoms with Gasteiger partial charge in [-0.1, -0.05) is 6.07 Å². The van der Waals surface area contributed by atoms with Crippen LogP contribution in [0.5, 0.6) is 5.75 Å². The van der Waals surface area contributed by atoms with E-state index in [2.05, 4.69) is 10.4 Å². The van der Waals surface area contributed by atoms with Crippen molar-refractivity contribution < 1.29 is 28.6 Å². The van der Waals surface area contributed by atoms with Crippen LogP contribution in [0.3, 0.4) is 0 Å². The topological polar surface area (TPSA) is 157 Å². The zero-order valence-electron chi connectivity index (χ0n) is 18.1. The van der Waals surface area contributed by atoms with Gasteiger partial charge < -0.3 is 26.3 Å². The molecule has 0 radical (unpaired) electrons. The second-order valence-corrected chi connectivity index (χ2v) is 8.65. The molecule has 0 spiro atoms. The second-order valence-electron chi connectivity index (χ2n) is 8.65. The van der Waals surface area contributed by atoms with Crippen molar-refractivity contribution in [1.82, 2.24) is 14.7 Å². The molecule has 3 amide bonds. The lowest BCUT2D eigenvalue weighted by molar-refractivity contribution is -0.610. The van der Waals surface area contributed by atoms with E-state index in [0.29, 0.717) is 22.2 Å². The molecule has 5 rings (SSSR count). The van der Waals surface area contributed by atoms with E-state index in [1.807, 2.05) is 0 Å². The number of anilines is 1. The molecule has 3 aromatic rings. The summed E-state index contributed by atoms with van der Waals surface area (Å²) in [5.41, 5.74) is 5.77. The standard InChI is InChI=1S/C22H21FN6O5/c1-10-5-12-16(8-28(10)34)27(26-20(12)21(24)32)9-18(31)29-14-6-11(14)7-15(29)22(33)25-13-3-2-4-17(30)19(13)23/h2-5,8,11,14-15,30H,6-7,9H2,1H3,(H2,24,32)(H,25,33)/t11-,14-,15+/m1/s1. The average molecular weight is 468 g/mol. The highest BCUT2D eigenvalue weighted by Crippen LogP contribution is 2.48. The SMILES string of the molecule is Cc1cc2c(C(N)=O)nn(CC(=O)N3[C@@H]4C[C@@H]4C[C@H]3C(=O)Nc3cccc(O)c3F)c2c[n+]1[O-]. The first-order valence-electron chi connectivity index (χ1n) is 10.7. The Hall–Kier alpha value is -4.22. The minimum absolute atomic E-state index is 0.0640. The minimum Gasteiger partial charge on any atom is -0.618 e. The number of piperidine rings is 1. The lowest BCUT2D eigenvalue weighted by atomic mass is 10.1. The van der Waals surface area contributed by atoms with Crippen LogP contribution in [0.1, 0.15) is 29.0 Å². The molecule has 11 nitrogen and oxygen atoms in total. The van der Waals surface area contributed by atoms with E-state index in [0.717, 1.165) is 12.5 Å². The van der Waals surface area contributed by atoms with Gasteiger partial charge in [-0.2, -0.15) is 9.83 Å². The van der Waals surface area contributed by atoms with E-state index in [-0.39, 0.29) is 35.4 Å². The van der Waals surface area contributed by atoms with Crippen molar-refractivity contribution in [2.75, 3.05) is 5.32 Å². The number of aromatic hydroxyl groups is 1. The molecule has 2 aliphatic rings. The number of nitrogens with zero attached hydrogens (tertiary/aromatic N) is 4. The van der Waals surface area contributed by atoms with Crippen molar-refractivity contribution >= 4 is 34.3 Å². The van der Waals surface area contributed by atoms with Gasteiger partial charge in [-0.3, -0.25) is 14.4 Å². The molecule has 1 saturated heterocycles. The molecule has 1 aromatic carbocycles. The van der Waals surface area contributed by atoms with Gasteiger partial charge in [-0.25, -0.2) is 9.07 Å². The maximum Gasteiger partial charge on any atom is 0.269 e. The van der Waals surface area contributed by atoms with Gasteiger partial charge in [0.05, 0.1) is 5.69 Å². The Morgan fingerprint density at radius 1 is 1.35 bits per heavy atom. The summed E-state index contributed by atoms with van der Waals surface area (Å²) in [6.07, 6.45) is 2.40. The molecule has 34 heavy (non-hydrogen) atoms. The molecular formula is C22H21FN6O5. The maximum atomic E-state index is 14.1. The van der Waals surface area contributed by atoms with Crippen molar-refractivity contribution in [1.29, 1.82) is 0 Å². The Bertz CT molecular complexity index is 1370. The van der Waals surface area contributed by atoms with Crippen LogP contribution >= 0.6 is 0 Å². The largest absolute Gasteiger partial charge is 0.618 e. The number of carbonyl (C=O) groups excluding carboxylic acids is 3. The van der Waals surface area contributed by atoms with E-state index in [1.165, 1.54) is 34.0 Å². The molecule has 4 N–H and O–H groups in total. The van der Waals surface area contributed by atoms with E-state index in [9.17, 15) is 29.1 Å². The molecule has 3 atom stereocenters. The van der Waals surface area contributed by atoms with E-state index < -0.39 is 35.3 Å². The Morgan fingerprint density at radius 2 is 2.12 bits per heavy atom. The smallest absolute Gasteiger partial charge is 0.269 e. The molecule has 1 aliphatic heterocycles. The quantitative estimate of drug-likeness (QED) is 0.367. The number of likely N-dealkylation sites (tertiary alicyclic amines) is 1. The Morgan fingerprint density at radius 3 is 2.85 bits per heavy atom. The molecule has 0 unspecified atom stereocenters. The maximum absolute atomic E-state index is 14.1. The predicted molar refractivity (Wildman–Crippen MR) is 116 cm³/mol. The third-order valence-electron chi connectivity index (χ3n) is 6.42. The molecule has 2 fully saturated rings. The lowest BCUT2D eigenvalue weighted by Gasteiger charge is -2.27. The fourth-order valence-corrected chi connectivity index (χ4v) is 4.65. The minimum atomic E-state index is -0.958. The van der Waals surface area contributed by atoms with Crippen molar-refractivity contribution in [3.05, 3.63) is 52.9 Å². The number of benzene rings is 1. The first-order chi connectivity index (χ1) is 16.2. The third-order valence-corrected chi connectivity index (χ3v) is 6.42. The van der Waals surface area contributed by atoms with Crippen LogP contribution in [0.25, 0.3) is 10.9 Å². The summed E-state index contributed by atoms with van der Waals surface area (Å²) in [4.78, 5) is 39.5. The number of amides is 3. The zero-order valence-corrected chi connectivity index (χ0v) is 18.1. The second kappa shape index (κ2) is 7.68. The van der Waals surface area contributed by atoms with Crippen molar-refractivity contribution in [2.24, 2.45) is 11.7 Å². The van der Waals surface area contributed by atoms with Crippen molar-refractivity contribution in [3.8, 4) is 5.75 Å². The lowest BCUT2D eigenvalue weighted by Crippen LogP contribution is -2.46. The van der Waals surface area contributed by atoms with Crippen LogP contribution in [0.2, 0.25) is 0 Å². The summed E-state index contributed by atoms with van der Waals surface area (Å²) < 4.78 is 16.0. The molecule has 1 aliphatic carbocycles. The highest BCUT2D eigenvalue weighted by Gasteiger charge is 2.56. The molecule has 1 saturated carbocycles. The number of halogens is 1. The summed E-state index contributed by atoms with van der Waals surface area (Å²) in [5, 5.41) is 28.6. The first-order valence-corrected chi connectivity index (χ1v) is 10.7. The highest BCUT2D eigenvalue weighted by atomic mass is 19.1. The normalized spacial score (nSPS) is 20.9. The fraction of sp³-hybridized carbons (Fsp3) is 0.318.